The Bertz CT molecular complexity index is 543. The van der Waals surface area contributed by atoms with E-state index >= 15 is 0 Å². The van der Waals surface area contributed by atoms with Gasteiger partial charge in [0.05, 0.1) is 5.69 Å². The van der Waals surface area contributed by atoms with Crippen LogP contribution in [0.15, 0.2) is 35.7 Å². The molecule has 1 aliphatic rings. The van der Waals surface area contributed by atoms with E-state index in [9.17, 15) is 0 Å². The van der Waals surface area contributed by atoms with Gasteiger partial charge in [0.15, 0.2) is 0 Å². The molecule has 1 aromatic carbocycles. The summed E-state index contributed by atoms with van der Waals surface area (Å²) in [4.78, 5) is 4.91. The molecule has 0 atom stereocenters. The average Bonchev–Trinajstić information content (AvgIpc) is 2.88. The molecule has 1 aromatic heterocycles. The van der Waals surface area contributed by atoms with Gasteiger partial charge in [-0.1, -0.05) is 43.7 Å². The molecule has 0 saturated heterocycles. The first-order chi connectivity index (χ1) is 9.85. The van der Waals surface area contributed by atoms with Crippen molar-refractivity contribution in [3.05, 3.63) is 52.0 Å². The molecule has 0 amide bonds. The second-order valence-electron chi connectivity index (χ2n) is 5.62. The van der Waals surface area contributed by atoms with Crippen molar-refractivity contribution in [2.45, 2.75) is 44.6 Å². The molecule has 2 aromatic rings. The molecule has 106 valence electrons. The molecule has 0 unspecified atom stereocenters. The highest BCUT2D eigenvalue weighted by Gasteiger charge is 2.42. The second-order valence-corrected chi connectivity index (χ2v) is 6.48. The molecule has 1 aliphatic carbocycles. The van der Waals surface area contributed by atoms with E-state index in [4.69, 9.17) is 4.98 Å². The third-order valence-electron chi connectivity index (χ3n) is 4.23. The molecular formula is C17H22N2S. The zero-order valence-corrected chi connectivity index (χ0v) is 12.9. The molecule has 1 N–H and O–H groups in total. The number of aromatic nitrogens is 1. The second kappa shape index (κ2) is 6.06. The van der Waals surface area contributed by atoms with Crippen LogP contribution in [0.4, 0.5) is 0 Å². The molecule has 3 rings (SSSR count). The third-order valence-corrected chi connectivity index (χ3v) is 5.32. The summed E-state index contributed by atoms with van der Waals surface area (Å²) < 4.78 is 0. The van der Waals surface area contributed by atoms with Gasteiger partial charge in [-0.05, 0) is 31.4 Å². The van der Waals surface area contributed by atoms with E-state index < -0.39 is 0 Å². The molecule has 1 fully saturated rings. The summed E-state index contributed by atoms with van der Waals surface area (Å²) in [6.45, 7) is 4.16. The average molecular weight is 286 g/mol. The maximum Gasteiger partial charge on any atom is 0.103 e. The highest BCUT2D eigenvalue weighted by molar-refractivity contribution is 7.09. The van der Waals surface area contributed by atoms with Crippen LogP contribution in [0.25, 0.3) is 0 Å². The zero-order chi connectivity index (χ0) is 13.8. The summed E-state index contributed by atoms with van der Waals surface area (Å²) in [5.74, 6) is 0. The van der Waals surface area contributed by atoms with Crippen molar-refractivity contribution in [3.63, 3.8) is 0 Å². The van der Waals surface area contributed by atoms with Crippen molar-refractivity contribution in [1.29, 1.82) is 0 Å². The maximum absolute atomic E-state index is 4.91. The molecule has 2 nitrogen and oxygen atoms in total. The fraction of sp³-hybridized carbons (Fsp3) is 0.471. The Labute approximate surface area is 125 Å². The van der Waals surface area contributed by atoms with E-state index in [-0.39, 0.29) is 5.41 Å². The van der Waals surface area contributed by atoms with Crippen LogP contribution in [-0.2, 0) is 12.0 Å². The fourth-order valence-electron chi connectivity index (χ4n) is 2.91. The van der Waals surface area contributed by atoms with Gasteiger partial charge in [0.25, 0.3) is 0 Å². The quantitative estimate of drug-likeness (QED) is 0.808. The Kier molecular flexibility index (Phi) is 4.18. The minimum absolute atomic E-state index is 0.203. The van der Waals surface area contributed by atoms with Gasteiger partial charge >= 0.3 is 0 Å². The van der Waals surface area contributed by atoms with Crippen LogP contribution in [-0.4, -0.2) is 11.5 Å². The van der Waals surface area contributed by atoms with E-state index in [0.29, 0.717) is 0 Å². The number of rotatable bonds is 6. The topological polar surface area (TPSA) is 24.9 Å². The van der Waals surface area contributed by atoms with Gasteiger partial charge in [-0.2, -0.15) is 0 Å². The van der Waals surface area contributed by atoms with E-state index in [2.05, 4.69) is 48.0 Å². The Morgan fingerprint density at radius 1 is 1.25 bits per heavy atom. The normalized spacial score (nSPS) is 16.9. The number of hydrogen-bond acceptors (Lipinski definition) is 3. The summed E-state index contributed by atoms with van der Waals surface area (Å²) in [5, 5.41) is 6.97. The molecule has 3 heteroatoms. The number of nitrogens with zero attached hydrogens (tertiary/aromatic N) is 1. The fourth-order valence-corrected chi connectivity index (χ4v) is 4.02. The molecule has 0 spiro atoms. The van der Waals surface area contributed by atoms with Crippen LogP contribution < -0.4 is 5.32 Å². The van der Waals surface area contributed by atoms with Crippen LogP contribution in [0.2, 0.25) is 0 Å². The van der Waals surface area contributed by atoms with Crippen LogP contribution in [0.3, 0.4) is 0 Å². The minimum atomic E-state index is 0.203. The number of nitrogens with one attached hydrogen (secondary N) is 1. The lowest BCUT2D eigenvalue weighted by molar-refractivity contribution is 0.300. The van der Waals surface area contributed by atoms with Crippen molar-refractivity contribution in [3.8, 4) is 0 Å². The minimum Gasteiger partial charge on any atom is -0.311 e. The lowest BCUT2D eigenvalue weighted by atomic mass is 9.65. The van der Waals surface area contributed by atoms with Gasteiger partial charge in [-0.25, -0.2) is 4.98 Å². The highest BCUT2D eigenvalue weighted by Crippen LogP contribution is 2.49. The lowest BCUT2D eigenvalue weighted by Gasteiger charge is -2.40. The first-order valence-corrected chi connectivity index (χ1v) is 8.44. The lowest BCUT2D eigenvalue weighted by Crippen LogP contribution is -2.35. The monoisotopic (exact) mass is 286 g/mol. The van der Waals surface area contributed by atoms with Crippen molar-refractivity contribution < 1.29 is 0 Å². The van der Waals surface area contributed by atoms with Gasteiger partial charge in [0.2, 0.25) is 0 Å². The molecule has 1 saturated carbocycles. The van der Waals surface area contributed by atoms with Crippen LogP contribution in [0, 0.1) is 0 Å². The summed E-state index contributed by atoms with van der Waals surface area (Å²) in [6.07, 6.45) is 4.97. The summed E-state index contributed by atoms with van der Waals surface area (Å²) in [5.41, 5.74) is 2.84. The zero-order valence-electron chi connectivity index (χ0n) is 12.1. The van der Waals surface area contributed by atoms with Crippen molar-refractivity contribution in [2.75, 3.05) is 6.54 Å². The first-order valence-electron chi connectivity index (χ1n) is 7.56. The van der Waals surface area contributed by atoms with E-state index in [1.165, 1.54) is 41.9 Å². The van der Waals surface area contributed by atoms with Crippen molar-refractivity contribution in [2.24, 2.45) is 0 Å². The van der Waals surface area contributed by atoms with Crippen LogP contribution in [0.1, 0.15) is 48.9 Å². The van der Waals surface area contributed by atoms with Gasteiger partial charge in [0, 0.05) is 17.3 Å². The Balaban J connectivity index is 1.80. The van der Waals surface area contributed by atoms with Gasteiger partial charge in [-0.3, -0.25) is 0 Å². The largest absolute Gasteiger partial charge is 0.311 e. The molecule has 20 heavy (non-hydrogen) atoms. The number of thiazole rings is 1. The highest BCUT2D eigenvalue weighted by atomic mass is 32.1. The van der Waals surface area contributed by atoms with Gasteiger partial charge in [0.1, 0.15) is 5.01 Å². The maximum atomic E-state index is 4.91. The van der Waals surface area contributed by atoms with Crippen molar-refractivity contribution in [1.82, 2.24) is 10.3 Å². The van der Waals surface area contributed by atoms with E-state index in [0.717, 1.165) is 13.1 Å². The van der Waals surface area contributed by atoms with Crippen LogP contribution >= 0.6 is 11.3 Å². The van der Waals surface area contributed by atoms with Crippen LogP contribution in [0.5, 0.6) is 0 Å². The molecule has 0 aliphatic heterocycles. The summed E-state index contributed by atoms with van der Waals surface area (Å²) >= 11 is 1.83. The summed E-state index contributed by atoms with van der Waals surface area (Å²) in [7, 11) is 0. The third kappa shape index (κ3) is 2.52. The Morgan fingerprint density at radius 3 is 2.70 bits per heavy atom. The smallest absolute Gasteiger partial charge is 0.103 e. The SMILES string of the molecule is CCCNCc1csc(C2(c3ccccc3)CCC2)n1. The summed E-state index contributed by atoms with van der Waals surface area (Å²) in [6, 6.07) is 10.9. The Morgan fingerprint density at radius 2 is 2.05 bits per heavy atom. The van der Waals surface area contributed by atoms with Crippen molar-refractivity contribution >= 4 is 11.3 Å². The molecule has 1 heterocycles. The predicted molar refractivity (Wildman–Crippen MR) is 85.2 cm³/mol. The number of benzene rings is 1. The van der Waals surface area contributed by atoms with Gasteiger partial charge in [-0.15, -0.1) is 11.3 Å². The Hall–Kier alpha value is -1.19. The number of hydrogen-bond donors (Lipinski definition) is 1. The molecular weight excluding hydrogens is 264 g/mol. The van der Waals surface area contributed by atoms with Gasteiger partial charge < -0.3 is 5.32 Å². The standard InChI is InChI=1S/C17H22N2S/c1-2-11-18-12-15-13-20-16(19-15)17(9-6-10-17)14-7-4-3-5-8-14/h3-5,7-8,13,18H,2,6,9-12H2,1H3. The van der Waals surface area contributed by atoms with E-state index in [1.807, 2.05) is 11.3 Å². The predicted octanol–water partition coefficient (Wildman–Crippen LogP) is 4.11. The van der Waals surface area contributed by atoms with E-state index in [1.54, 1.807) is 0 Å². The molecule has 0 bridgehead atoms. The first kappa shape index (κ1) is 13.8. The molecule has 0 radical (unpaired) electrons.